The molecule has 100 valence electrons. The van der Waals surface area contributed by atoms with Crippen LogP contribution in [0.5, 0.6) is 0 Å². The molecule has 4 nitrogen and oxygen atoms in total. The van der Waals surface area contributed by atoms with Gasteiger partial charge in [0, 0.05) is 0 Å². The Morgan fingerprint density at radius 1 is 1.12 bits per heavy atom. The van der Waals surface area contributed by atoms with Gasteiger partial charge in [-0.2, -0.15) is 0 Å². The molecule has 4 heteroatoms. The Hall–Kier alpha value is -1.06. The van der Waals surface area contributed by atoms with Gasteiger partial charge in [-0.3, -0.25) is 9.59 Å². The molecule has 0 aromatic rings. The lowest BCUT2D eigenvalue weighted by Crippen LogP contribution is -2.33. The Morgan fingerprint density at radius 2 is 1.65 bits per heavy atom. The zero-order valence-electron chi connectivity index (χ0n) is 11.2. The van der Waals surface area contributed by atoms with Crippen molar-refractivity contribution < 1.29 is 19.4 Å². The summed E-state index contributed by atoms with van der Waals surface area (Å²) >= 11 is 0. The molecule has 17 heavy (non-hydrogen) atoms. The van der Waals surface area contributed by atoms with E-state index in [9.17, 15) is 9.59 Å². The third-order valence-electron chi connectivity index (χ3n) is 2.85. The van der Waals surface area contributed by atoms with E-state index in [1.54, 1.807) is 13.8 Å². The van der Waals surface area contributed by atoms with E-state index >= 15 is 0 Å². The lowest BCUT2D eigenvalue weighted by Gasteiger charge is -2.20. The molecule has 0 saturated carbocycles. The van der Waals surface area contributed by atoms with E-state index in [-0.39, 0.29) is 12.0 Å². The summed E-state index contributed by atoms with van der Waals surface area (Å²) < 4.78 is 5.16. The summed E-state index contributed by atoms with van der Waals surface area (Å²) in [5.74, 6) is -2.90. The lowest BCUT2D eigenvalue weighted by atomic mass is 9.90. The Kier molecular flexibility index (Phi) is 7.59. The van der Waals surface area contributed by atoms with Crippen molar-refractivity contribution in [2.75, 3.05) is 0 Å². The number of hydrogen-bond donors (Lipinski definition) is 1. The first-order chi connectivity index (χ1) is 7.93. The fraction of sp³-hybridized carbons (Fsp3) is 0.846. The van der Waals surface area contributed by atoms with Gasteiger partial charge in [0.1, 0.15) is 0 Å². The number of carboxylic acids is 1. The highest BCUT2D eigenvalue weighted by Gasteiger charge is 2.33. The van der Waals surface area contributed by atoms with Crippen LogP contribution in [-0.4, -0.2) is 23.1 Å². The van der Waals surface area contributed by atoms with Crippen LogP contribution in [-0.2, 0) is 14.3 Å². The second-order valence-electron chi connectivity index (χ2n) is 4.62. The first-order valence-corrected chi connectivity index (χ1v) is 6.37. The molecule has 0 rings (SSSR count). The molecule has 0 saturated heterocycles. The van der Waals surface area contributed by atoms with Gasteiger partial charge in [0.05, 0.1) is 6.10 Å². The van der Waals surface area contributed by atoms with Gasteiger partial charge in [-0.15, -0.1) is 0 Å². The van der Waals surface area contributed by atoms with Gasteiger partial charge in [0.2, 0.25) is 0 Å². The van der Waals surface area contributed by atoms with Gasteiger partial charge >= 0.3 is 11.9 Å². The van der Waals surface area contributed by atoms with Crippen molar-refractivity contribution in [3.05, 3.63) is 0 Å². The zero-order chi connectivity index (χ0) is 13.4. The van der Waals surface area contributed by atoms with Crippen molar-refractivity contribution >= 4 is 11.9 Å². The highest BCUT2D eigenvalue weighted by Crippen LogP contribution is 2.20. The monoisotopic (exact) mass is 244 g/mol. The number of aliphatic carboxylic acids is 1. The number of carbonyl (C=O) groups excluding carboxylic acids is 1. The minimum atomic E-state index is -1.08. The second kappa shape index (κ2) is 8.09. The molecule has 0 heterocycles. The van der Waals surface area contributed by atoms with Crippen molar-refractivity contribution in [2.45, 2.75) is 59.5 Å². The van der Waals surface area contributed by atoms with Crippen LogP contribution in [0.15, 0.2) is 0 Å². The molecule has 0 aliphatic heterocycles. The first-order valence-electron chi connectivity index (χ1n) is 6.37. The fourth-order valence-corrected chi connectivity index (χ4v) is 1.94. The van der Waals surface area contributed by atoms with Crippen molar-refractivity contribution in [3.63, 3.8) is 0 Å². The topological polar surface area (TPSA) is 63.6 Å². The van der Waals surface area contributed by atoms with E-state index < -0.39 is 17.9 Å². The Labute approximate surface area is 103 Å². The summed E-state index contributed by atoms with van der Waals surface area (Å²) in [4.78, 5) is 22.9. The van der Waals surface area contributed by atoms with Crippen LogP contribution in [0, 0.1) is 11.8 Å². The van der Waals surface area contributed by atoms with Crippen molar-refractivity contribution in [3.8, 4) is 0 Å². The Balaban J connectivity index is 4.49. The van der Waals surface area contributed by atoms with Crippen LogP contribution >= 0.6 is 0 Å². The molecule has 0 aliphatic carbocycles. The van der Waals surface area contributed by atoms with E-state index in [1.165, 1.54) is 0 Å². The standard InChI is InChI=1S/C13H24O4/c1-5-7-9(3)11(12(14)15)13(16)17-10(4)8-6-2/h9-11H,5-8H2,1-4H3,(H,14,15). The predicted molar refractivity (Wildman–Crippen MR) is 65.7 cm³/mol. The van der Waals surface area contributed by atoms with E-state index in [0.29, 0.717) is 6.42 Å². The highest BCUT2D eigenvalue weighted by molar-refractivity contribution is 5.94. The van der Waals surface area contributed by atoms with Crippen molar-refractivity contribution in [1.82, 2.24) is 0 Å². The third-order valence-corrected chi connectivity index (χ3v) is 2.85. The molecule has 0 aromatic heterocycles. The minimum absolute atomic E-state index is 0.182. The van der Waals surface area contributed by atoms with Crippen LogP contribution in [0.1, 0.15) is 53.4 Å². The normalized spacial score (nSPS) is 16.0. The van der Waals surface area contributed by atoms with Crippen molar-refractivity contribution in [2.24, 2.45) is 11.8 Å². The van der Waals surface area contributed by atoms with E-state index in [4.69, 9.17) is 9.84 Å². The van der Waals surface area contributed by atoms with Gasteiger partial charge in [-0.05, 0) is 25.7 Å². The molecular weight excluding hydrogens is 220 g/mol. The molecule has 0 bridgehead atoms. The first kappa shape index (κ1) is 15.9. The van der Waals surface area contributed by atoms with Gasteiger partial charge in [0.15, 0.2) is 5.92 Å². The SMILES string of the molecule is CCCC(C)OC(=O)C(C(=O)O)C(C)CCC. The summed E-state index contributed by atoms with van der Waals surface area (Å²) in [6, 6.07) is 0. The fourth-order valence-electron chi connectivity index (χ4n) is 1.94. The Bertz CT molecular complexity index is 250. The average Bonchev–Trinajstić information content (AvgIpc) is 2.17. The van der Waals surface area contributed by atoms with Crippen LogP contribution in [0.4, 0.5) is 0 Å². The third kappa shape index (κ3) is 5.71. The van der Waals surface area contributed by atoms with Crippen LogP contribution in [0.2, 0.25) is 0 Å². The Morgan fingerprint density at radius 3 is 2.06 bits per heavy atom. The van der Waals surface area contributed by atoms with E-state index in [2.05, 4.69) is 0 Å². The summed E-state index contributed by atoms with van der Waals surface area (Å²) in [5.41, 5.74) is 0. The van der Waals surface area contributed by atoms with E-state index in [0.717, 1.165) is 19.3 Å². The number of carboxylic acid groups (broad SMARTS) is 1. The molecule has 0 fully saturated rings. The maximum atomic E-state index is 11.8. The highest BCUT2D eigenvalue weighted by atomic mass is 16.5. The smallest absolute Gasteiger partial charge is 0.320 e. The molecule has 0 amide bonds. The van der Waals surface area contributed by atoms with Crippen LogP contribution in [0.25, 0.3) is 0 Å². The molecule has 3 unspecified atom stereocenters. The number of rotatable bonds is 8. The van der Waals surface area contributed by atoms with Gasteiger partial charge in [-0.1, -0.05) is 33.6 Å². The largest absolute Gasteiger partial charge is 0.481 e. The minimum Gasteiger partial charge on any atom is -0.481 e. The average molecular weight is 244 g/mol. The number of ether oxygens (including phenoxy) is 1. The van der Waals surface area contributed by atoms with Gasteiger partial charge < -0.3 is 9.84 Å². The summed E-state index contributed by atoms with van der Waals surface area (Å²) in [5, 5.41) is 9.08. The lowest BCUT2D eigenvalue weighted by molar-refractivity contribution is -0.164. The predicted octanol–water partition coefficient (Wildman–Crippen LogP) is 2.86. The second-order valence-corrected chi connectivity index (χ2v) is 4.62. The molecule has 3 atom stereocenters. The van der Waals surface area contributed by atoms with Gasteiger partial charge in [0.25, 0.3) is 0 Å². The van der Waals surface area contributed by atoms with Crippen LogP contribution in [0.3, 0.4) is 0 Å². The molecule has 0 aliphatic rings. The molecular formula is C13H24O4. The molecule has 0 radical (unpaired) electrons. The van der Waals surface area contributed by atoms with Crippen molar-refractivity contribution in [1.29, 1.82) is 0 Å². The van der Waals surface area contributed by atoms with Gasteiger partial charge in [-0.25, -0.2) is 0 Å². The molecule has 1 N–H and O–H groups in total. The summed E-state index contributed by atoms with van der Waals surface area (Å²) in [6.07, 6.45) is 3.05. The maximum Gasteiger partial charge on any atom is 0.320 e. The quantitative estimate of drug-likeness (QED) is 0.526. The maximum absolute atomic E-state index is 11.8. The number of carbonyl (C=O) groups is 2. The number of hydrogen-bond acceptors (Lipinski definition) is 3. The van der Waals surface area contributed by atoms with E-state index in [1.807, 2.05) is 13.8 Å². The zero-order valence-corrected chi connectivity index (χ0v) is 11.2. The summed E-state index contributed by atoms with van der Waals surface area (Å²) in [6.45, 7) is 7.55. The molecule has 0 aromatic carbocycles. The summed E-state index contributed by atoms with van der Waals surface area (Å²) in [7, 11) is 0. The number of esters is 1. The molecule has 0 spiro atoms. The van der Waals surface area contributed by atoms with Crippen LogP contribution < -0.4 is 0 Å².